The van der Waals surface area contributed by atoms with E-state index in [2.05, 4.69) is 13.8 Å². The second-order valence-corrected chi connectivity index (χ2v) is 7.72. The molecule has 0 saturated heterocycles. The van der Waals surface area contributed by atoms with Gasteiger partial charge in [0, 0.05) is 0 Å². The van der Waals surface area contributed by atoms with Gasteiger partial charge in [-0.05, 0) is 0 Å². The van der Waals surface area contributed by atoms with Crippen LogP contribution in [0.1, 0.15) is 152 Å². The Hall–Kier alpha value is 0.766. The van der Waals surface area contributed by atoms with Crippen molar-refractivity contribution >= 4 is 23.1 Å². The topological polar surface area (TPSA) is 0 Å². The first-order valence-corrected chi connectivity index (χ1v) is 11.4. The van der Waals surface area contributed by atoms with Gasteiger partial charge in [0.1, 0.15) is 0 Å². The first-order chi connectivity index (χ1) is 11.4. The van der Waals surface area contributed by atoms with Crippen molar-refractivity contribution in [2.45, 2.75) is 149 Å². The van der Waals surface area contributed by atoms with Gasteiger partial charge in [-0.15, -0.1) is 0 Å². The van der Waals surface area contributed by atoms with E-state index in [1.54, 1.807) is 0 Å². The molecule has 0 unspecified atom stereocenters. The summed E-state index contributed by atoms with van der Waals surface area (Å²) < 4.78 is 0. The molecule has 0 nitrogen and oxygen atoms in total. The summed E-state index contributed by atoms with van der Waals surface area (Å²) in [7, 11) is 0. The minimum absolute atomic E-state index is 0. The summed E-state index contributed by atoms with van der Waals surface area (Å²) in [4.78, 5) is 0. The third kappa shape index (κ3) is 25.0. The second kappa shape index (κ2) is 26.0. The van der Waals surface area contributed by atoms with Gasteiger partial charge < -0.3 is 2.85 Å². The van der Waals surface area contributed by atoms with Crippen molar-refractivity contribution in [1.82, 2.24) is 0 Å². The van der Waals surface area contributed by atoms with Gasteiger partial charge >= 0.3 is 23.1 Å². The molecule has 144 valence electrons. The summed E-state index contributed by atoms with van der Waals surface area (Å²) in [6, 6.07) is 0. The molecule has 24 heavy (non-hydrogen) atoms. The van der Waals surface area contributed by atoms with Gasteiger partial charge in [-0.3, -0.25) is 0 Å². The zero-order valence-electron chi connectivity index (χ0n) is 19.6. The Morgan fingerprint density at radius 1 is 0.292 bits per heavy atom. The molecule has 0 aliphatic rings. The summed E-state index contributed by atoms with van der Waals surface area (Å²) in [5.74, 6) is 0. The maximum absolute atomic E-state index is 2.30. The van der Waals surface area contributed by atoms with E-state index in [-0.39, 0.29) is 25.9 Å². The van der Waals surface area contributed by atoms with Crippen LogP contribution in [-0.4, -0.2) is 23.1 Å². The van der Waals surface area contributed by atoms with E-state index in [9.17, 15) is 0 Å². The van der Waals surface area contributed by atoms with Crippen molar-refractivity contribution in [2.24, 2.45) is 0 Å². The van der Waals surface area contributed by atoms with Crippen LogP contribution in [0.4, 0.5) is 0 Å². The molecular formula is C23H50Mg. The van der Waals surface area contributed by atoms with E-state index in [0.717, 1.165) is 0 Å². The Kier molecular flexibility index (Phi) is 29.2. The second-order valence-electron chi connectivity index (χ2n) is 7.72. The molecule has 0 aromatic carbocycles. The Balaban J connectivity index is -0.000000807. The number of hydrogen-bond donors (Lipinski definition) is 0. The molecule has 0 bridgehead atoms. The Morgan fingerprint density at radius 3 is 0.542 bits per heavy atom. The van der Waals surface area contributed by atoms with Crippen LogP contribution >= 0.6 is 0 Å². The normalized spacial score (nSPS) is 10.8. The summed E-state index contributed by atoms with van der Waals surface area (Å²) in [6.07, 6.45) is 30.9. The predicted molar refractivity (Wildman–Crippen MR) is 116 cm³/mol. The standard InChI is InChI=1S/C23H48.Mg.2H/c1-3-5-7-9-11-13-15-17-19-21-23-22-20-18-16-14-12-10-8-6-4-2;;;/h3-23H2,1-2H3;;;/q;+2;2*-1. The van der Waals surface area contributed by atoms with Gasteiger partial charge in [0.05, 0.1) is 0 Å². The van der Waals surface area contributed by atoms with Crippen molar-refractivity contribution in [3.05, 3.63) is 0 Å². The van der Waals surface area contributed by atoms with Crippen molar-refractivity contribution in [3.8, 4) is 0 Å². The smallest absolute Gasteiger partial charge is 1.00 e. The average molecular weight is 351 g/mol. The Bertz CT molecular complexity index is 181. The molecule has 0 aliphatic carbocycles. The number of rotatable bonds is 20. The molecule has 0 N–H and O–H groups in total. The van der Waals surface area contributed by atoms with Gasteiger partial charge in [0.25, 0.3) is 0 Å². The van der Waals surface area contributed by atoms with E-state index in [0.29, 0.717) is 0 Å². The van der Waals surface area contributed by atoms with E-state index in [4.69, 9.17) is 0 Å². The molecule has 0 aromatic rings. The third-order valence-corrected chi connectivity index (χ3v) is 5.21. The summed E-state index contributed by atoms with van der Waals surface area (Å²) in [5.41, 5.74) is 0. The molecule has 0 spiro atoms. The van der Waals surface area contributed by atoms with Gasteiger partial charge in [0.15, 0.2) is 0 Å². The van der Waals surface area contributed by atoms with Gasteiger partial charge in [-0.2, -0.15) is 0 Å². The fourth-order valence-electron chi connectivity index (χ4n) is 3.51. The third-order valence-electron chi connectivity index (χ3n) is 5.21. The zero-order valence-corrected chi connectivity index (χ0v) is 19.0. The SMILES string of the molecule is CCCCCCCCCCCCCCCCCCCCCCC.[H-].[H-].[Mg+2]. The minimum atomic E-state index is 0. The fraction of sp³-hybridized carbons (Fsp3) is 1.00. The molecule has 0 aliphatic heterocycles. The van der Waals surface area contributed by atoms with Crippen molar-refractivity contribution in [3.63, 3.8) is 0 Å². The molecule has 0 aromatic heterocycles. The van der Waals surface area contributed by atoms with E-state index in [1.165, 1.54) is 135 Å². The predicted octanol–water partition coefficient (Wildman–Crippen LogP) is 9.06. The monoisotopic (exact) mass is 350 g/mol. The molecule has 0 heterocycles. The van der Waals surface area contributed by atoms with Crippen LogP contribution in [0.3, 0.4) is 0 Å². The maximum atomic E-state index is 2.30. The Labute approximate surface area is 174 Å². The van der Waals surface area contributed by atoms with Crippen LogP contribution < -0.4 is 0 Å². The van der Waals surface area contributed by atoms with Gasteiger partial charge in [-0.25, -0.2) is 0 Å². The van der Waals surface area contributed by atoms with Crippen LogP contribution in [0, 0.1) is 0 Å². The molecule has 0 atom stereocenters. The van der Waals surface area contributed by atoms with Crippen LogP contribution in [0.2, 0.25) is 0 Å². The number of hydrogen-bond acceptors (Lipinski definition) is 0. The Morgan fingerprint density at radius 2 is 0.417 bits per heavy atom. The summed E-state index contributed by atoms with van der Waals surface area (Å²) in [5, 5.41) is 0. The molecule has 0 rings (SSSR count). The largest absolute Gasteiger partial charge is 2.00 e. The zero-order chi connectivity index (χ0) is 16.8. The number of unbranched alkanes of at least 4 members (excludes halogenated alkanes) is 20. The molecule has 0 radical (unpaired) electrons. The summed E-state index contributed by atoms with van der Waals surface area (Å²) >= 11 is 0. The van der Waals surface area contributed by atoms with Gasteiger partial charge in [0.2, 0.25) is 0 Å². The fourth-order valence-corrected chi connectivity index (χ4v) is 3.51. The summed E-state index contributed by atoms with van der Waals surface area (Å²) in [6.45, 7) is 4.60. The van der Waals surface area contributed by atoms with Gasteiger partial charge in [-0.1, -0.05) is 149 Å². The van der Waals surface area contributed by atoms with E-state index < -0.39 is 0 Å². The quantitative estimate of drug-likeness (QED) is 0.152. The van der Waals surface area contributed by atoms with Crippen molar-refractivity contribution < 1.29 is 2.85 Å². The molecule has 1 heteroatoms. The van der Waals surface area contributed by atoms with Crippen LogP contribution in [-0.2, 0) is 0 Å². The minimum Gasteiger partial charge on any atom is -1.00 e. The molecular weight excluding hydrogens is 301 g/mol. The molecule has 0 saturated carbocycles. The first kappa shape index (κ1) is 27.0. The molecule has 0 amide bonds. The van der Waals surface area contributed by atoms with E-state index >= 15 is 0 Å². The van der Waals surface area contributed by atoms with Crippen LogP contribution in [0.25, 0.3) is 0 Å². The van der Waals surface area contributed by atoms with Crippen LogP contribution in [0.5, 0.6) is 0 Å². The molecule has 0 fully saturated rings. The maximum Gasteiger partial charge on any atom is 2.00 e. The first-order valence-electron chi connectivity index (χ1n) is 11.4. The van der Waals surface area contributed by atoms with Crippen molar-refractivity contribution in [2.75, 3.05) is 0 Å². The average Bonchev–Trinajstić information content (AvgIpc) is 2.57. The van der Waals surface area contributed by atoms with Crippen molar-refractivity contribution in [1.29, 1.82) is 0 Å². The van der Waals surface area contributed by atoms with Crippen LogP contribution in [0.15, 0.2) is 0 Å². The van der Waals surface area contributed by atoms with E-state index in [1.807, 2.05) is 0 Å².